The minimum Gasteiger partial charge on any atom is -0.490 e. The molecule has 0 bridgehead atoms. The van der Waals surface area contributed by atoms with Gasteiger partial charge in [-0.15, -0.1) is 0 Å². The van der Waals surface area contributed by atoms with Gasteiger partial charge in [0, 0.05) is 12.1 Å². The van der Waals surface area contributed by atoms with Gasteiger partial charge < -0.3 is 20.7 Å². The van der Waals surface area contributed by atoms with Crippen LogP contribution in [-0.4, -0.2) is 45.4 Å². The second-order valence-electron chi connectivity index (χ2n) is 3.84. The van der Waals surface area contributed by atoms with Crippen LogP contribution < -0.4 is 16.0 Å². The summed E-state index contributed by atoms with van der Waals surface area (Å²) in [5.41, 5.74) is 5.10. The van der Waals surface area contributed by atoms with Crippen molar-refractivity contribution < 1.29 is 14.9 Å². The number of nitrogens with two attached hydrogens (primary N) is 1. The van der Waals surface area contributed by atoms with Gasteiger partial charge in [-0.3, -0.25) is 4.79 Å². The number of aliphatic hydroxyl groups excluding tert-OH is 2. The number of ether oxygens (including phenoxy) is 1. The lowest BCUT2D eigenvalue weighted by atomic mass is 10.4. The molecule has 2 atom stereocenters. The van der Waals surface area contributed by atoms with E-state index in [0.29, 0.717) is 12.4 Å². The Balaban J connectivity index is 2.69. The molecular weight excluding hydrogens is 226 g/mol. The first kappa shape index (κ1) is 13.6. The third-order valence-electron chi connectivity index (χ3n) is 1.95. The normalized spacial score (nSPS) is 14.4. The summed E-state index contributed by atoms with van der Waals surface area (Å²) >= 11 is 0. The van der Waals surface area contributed by atoms with E-state index in [0.717, 1.165) is 4.68 Å². The highest BCUT2D eigenvalue weighted by atomic mass is 16.5. The molecule has 1 rings (SSSR count). The van der Waals surface area contributed by atoms with Gasteiger partial charge >= 0.3 is 0 Å². The molecule has 4 N–H and O–H groups in total. The smallest absolute Gasteiger partial charge is 0.270 e. The SMILES string of the molecule is CC(N)COc1cnn(CC(O)CO)c(=O)c1. The third-order valence-corrected chi connectivity index (χ3v) is 1.95. The van der Waals surface area contributed by atoms with Crippen LogP contribution in [0.25, 0.3) is 0 Å². The fraction of sp³-hybridized carbons (Fsp3) is 0.600. The molecule has 17 heavy (non-hydrogen) atoms. The van der Waals surface area contributed by atoms with Crippen LogP contribution in [0.5, 0.6) is 5.75 Å². The summed E-state index contributed by atoms with van der Waals surface area (Å²) in [5, 5.41) is 21.7. The van der Waals surface area contributed by atoms with Gasteiger partial charge in [-0.1, -0.05) is 0 Å². The Kier molecular flexibility index (Phi) is 5.08. The van der Waals surface area contributed by atoms with Crippen molar-refractivity contribution >= 4 is 0 Å². The molecule has 2 unspecified atom stereocenters. The summed E-state index contributed by atoms with van der Waals surface area (Å²) in [6.45, 7) is 1.61. The molecule has 0 aliphatic carbocycles. The van der Waals surface area contributed by atoms with E-state index in [9.17, 15) is 9.90 Å². The summed E-state index contributed by atoms with van der Waals surface area (Å²) < 4.78 is 6.28. The minimum absolute atomic E-state index is 0.0527. The predicted molar refractivity (Wildman–Crippen MR) is 60.7 cm³/mol. The maximum Gasteiger partial charge on any atom is 0.270 e. The number of rotatable bonds is 6. The molecule has 1 aromatic heterocycles. The van der Waals surface area contributed by atoms with Crippen molar-refractivity contribution in [3.8, 4) is 5.75 Å². The van der Waals surface area contributed by atoms with E-state index in [1.165, 1.54) is 12.3 Å². The molecule has 0 saturated heterocycles. The van der Waals surface area contributed by atoms with Gasteiger partial charge in [0.05, 0.1) is 25.5 Å². The van der Waals surface area contributed by atoms with E-state index >= 15 is 0 Å². The Morgan fingerprint density at radius 2 is 2.35 bits per heavy atom. The average molecular weight is 243 g/mol. The van der Waals surface area contributed by atoms with Crippen LogP contribution in [0.1, 0.15) is 6.92 Å². The van der Waals surface area contributed by atoms with Gasteiger partial charge in [0.15, 0.2) is 0 Å². The lowest BCUT2D eigenvalue weighted by molar-refractivity contribution is 0.0768. The zero-order valence-corrected chi connectivity index (χ0v) is 9.61. The van der Waals surface area contributed by atoms with Gasteiger partial charge in [0.1, 0.15) is 12.4 Å². The van der Waals surface area contributed by atoms with Crippen molar-refractivity contribution in [3.05, 3.63) is 22.6 Å². The zero-order valence-electron chi connectivity index (χ0n) is 9.61. The number of hydrogen-bond acceptors (Lipinski definition) is 6. The topological polar surface area (TPSA) is 111 Å². The van der Waals surface area contributed by atoms with Crippen molar-refractivity contribution in [1.82, 2.24) is 9.78 Å². The van der Waals surface area contributed by atoms with E-state index in [-0.39, 0.29) is 12.6 Å². The maximum atomic E-state index is 11.5. The van der Waals surface area contributed by atoms with Crippen LogP contribution in [0.3, 0.4) is 0 Å². The Morgan fingerprint density at radius 1 is 1.65 bits per heavy atom. The average Bonchev–Trinajstić information content (AvgIpc) is 2.29. The van der Waals surface area contributed by atoms with Crippen molar-refractivity contribution in [1.29, 1.82) is 0 Å². The molecule has 7 nitrogen and oxygen atoms in total. The molecule has 1 aromatic rings. The quantitative estimate of drug-likeness (QED) is 0.550. The largest absolute Gasteiger partial charge is 0.490 e. The Bertz CT molecular complexity index is 405. The van der Waals surface area contributed by atoms with Crippen molar-refractivity contribution in [2.75, 3.05) is 13.2 Å². The van der Waals surface area contributed by atoms with E-state index in [4.69, 9.17) is 15.6 Å². The molecule has 1 heterocycles. The monoisotopic (exact) mass is 243 g/mol. The lowest BCUT2D eigenvalue weighted by Crippen LogP contribution is -2.30. The first-order valence-corrected chi connectivity index (χ1v) is 5.27. The van der Waals surface area contributed by atoms with Crippen molar-refractivity contribution in [3.63, 3.8) is 0 Å². The highest BCUT2D eigenvalue weighted by Gasteiger charge is 2.07. The van der Waals surface area contributed by atoms with Gasteiger partial charge in [-0.25, -0.2) is 4.68 Å². The van der Waals surface area contributed by atoms with Gasteiger partial charge in [0.25, 0.3) is 5.56 Å². The Morgan fingerprint density at radius 3 is 2.88 bits per heavy atom. The van der Waals surface area contributed by atoms with Gasteiger partial charge in [-0.2, -0.15) is 5.10 Å². The molecule has 0 amide bonds. The van der Waals surface area contributed by atoms with Crippen molar-refractivity contribution in [2.45, 2.75) is 25.6 Å². The maximum absolute atomic E-state index is 11.5. The van der Waals surface area contributed by atoms with E-state index < -0.39 is 18.3 Å². The third kappa shape index (κ3) is 4.51. The summed E-state index contributed by atoms with van der Waals surface area (Å²) in [7, 11) is 0. The Labute approximate surface area is 98.4 Å². The number of aliphatic hydroxyl groups is 2. The molecule has 0 saturated carbocycles. The highest BCUT2D eigenvalue weighted by Crippen LogP contribution is 2.03. The summed E-state index contributed by atoms with van der Waals surface area (Å²) in [4.78, 5) is 11.5. The van der Waals surface area contributed by atoms with E-state index in [1.54, 1.807) is 6.92 Å². The zero-order chi connectivity index (χ0) is 12.8. The molecule has 0 aliphatic heterocycles. The second kappa shape index (κ2) is 6.33. The van der Waals surface area contributed by atoms with Crippen LogP contribution in [0.15, 0.2) is 17.1 Å². The van der Waals surface area contributed by atoms with Gasteiger partial charge in [-0.05, 0) is 6.92 Å². The molecule has 0 spiro atoms. The van der Waals surface area contributed by atoms with E-state index in [1.807, 2.05) is 0 Å². The molecule has 0 aromatic carbocycles. The van der Waals surface area contributed by atoms with Crippen LogP contribution >= 0.6 is 0 Å². The number of aromatic nitrogens is 2. The van der Waals surface area contributed by atoms with Crippen LogP contribution in [0.4, 0.5) is 0 Å². The second-order valence-corrected chi connectivity index (χ2v) is 3.84. The molecular formula is C10H17N3O4. The summed E-state index contributed by atoms with van der Waals surface area (Å²) in [6.07, 6.45) is 0.365. The molecule has 0 radical (unpaired) electrons. The van der Waals surface area contributed by atoms with Crippen molar-refractivity contribution in [2.24, 2.45) is 5.73 Å². The standard InChI is InChI=1S/C10H17N3O4/c1-7(11)6-17-9-2-10(16)13(12-3-9)4-8(15)5-14/h2-3,7-8,14-15H,4-6,11H2,1H3. The molecule has 7 heteroatoms. The molecule has 0 fully saturated rings. The fourth-order valence-corrected chi connectivity index (χ4v) is 1.12. The lowest BCUT2D eigenvalue weighted by Gasteiger charge is -2.11. The first-order valence-electron chi connectivity index (χ1n) is 5.27. The van der Waals surface area contributed by atoms with Gasteiger partial charge in [0.2, 0.25) is 0 Å². The number of nitrogens with zero attached hydrogens (tertiary/aromatic N) is 2. The summed E-state index contributed by atoms with van der Waals surface area (Å²) in [5.74, 6) is 0.335. The molecule has 96 valence electrons. The first-order chi connectivity index (χ1) is 8.02. The summed E-state index contributed by atoms with van der Waals surface area (Å²) in [6, 6.07) is 1.13. The predicted octanol–water partition coefficient (Wildman–Crippen LogP) is -1.68. The Hall–Kier alpha value is -1.44. The van der Waals surface area contributed by atoms with E-state index in [2.05, 4.69) is 5.10 Å². The highest BCUT2D eigenvalue weighted by molar-refractivity contribution is 5.13. The van der Waals surface area contributed by atoms with Crippen LogP contribution in [-0.2, 0) is 6.54 Å². The molecule has 0 aliphatic rings. The minimum atomic E-state index is -1.00. The van der Waals surface area contributed by atoms with Crippen LogP contribution in [0, 0.1) is 0 Å². The number of hydrogen-bond donors (Lipinski definition) is 3. The fourth-order valence-electron chi connectivity index (χ4n) is 1.12. The van der Waals surface area contributed by atoms with Crippen LogP contribution in [0.2, 0.25) is 0 Å².